The minimum absolute atomic E-state index is 0.178. The van der Waals surface area contributed by atoms with Crippen LogP contribution in [0.2, 0.25) is 0 Å². The Morgan fingerprint density at radius 3 is 2.53 bits per heavy atom. The largest absolute Gasteiger partial charge is 0.454 e. The second kappa shape index (κ2) is 8.17. The molecule has 2 amide bonds. The van der Waals surface area contributed by atoms with Gasteiger partial charge in [-0.15, -0.1) is 0 Å². The molecule has 3 aromatic rings. The predicted molar refractivity (Wildman–Crippen MR) is 114 cm³/mol. The molecule has 8 nitrogen and oxygen atoms in total. The molecule has 1 aliphatic heterocycles. The Labute approximate surface area is 173 Å². The van der Waals surface area contributed by atoms with Gasteiger partial charge in [0.2, 0.25) is 6.79 Å². The van der Waals surface area contributed by atoms with Crippen molar-refractivity contribution >= 4 is 28.4 Å². The molecule has 0 atom stereocenters. The van der Waals surface area contributed by atoms with Gasteiger partial charge >= 0.3 is 6.03 Å². The third kappa shape index (κ3) is 4.20. The van der Waals surface area contributed by atoms with Crippen LogP contribution in [0.3, 0.4) is 0 Å². The van der Waals surface area contributed by atoms with Crippen molar-refractivity contribution in [3.8, 4) is 17.6 Å². The topological polar surface area (TPSA) is 108 Å². The van der Waals surface area contributed by atoms with E-state index < -0.39 is 0 Å². The van der Waals surface area contributed by atoms with Gasteiger partial charge in [0.05, 0.1) is 11.1 Å². The lowest BCUT2D eigenvalue weighted by Gasteiger charge is -2.11. The molecule has 0 unspecified atom stereocenters. The number of hydrogen-bond donors (Lipinski definition) is 3. The summed E-state index contributed by atoms with van der Waals surface area (Å²) in [6.07, 6.45) is 0. The number of anilines is 2. The second-order valence-corrected chi connectivity index (χ2v) is 7.08. The van der Waals surface area contributed by atoms with E-state index in [2.05, 4.69) is 27.0 Å². The number of carbonyl (C=O) groups excluding carboxylic acids is 1. The third-order valence-electron chi connectivity index (χ3n) is 4.61. The number of amides is 2. The number of benzene rings is 2. The van der Waals surface area contributed by atoms with E-state index in [1.807, 2.05) is 38.1 Å². The summed E-state index contributed by atoms with van der Waals surface area (Å²) < 4.78 is 10.8. The first-order chi connectivity index (χ1) is 14.5. The first-order valence-corrected chi connectivity index (χ1v) is 9.53. The molecule has 0 spiro atoms. The van der Waals surface area contributed by atoms with Gasteiger partial charge in [-0.1, -0.05) is 6.07 Å². The Balaban J connectivity index is 1.37. The third-order valence-corrected chi connectivity index (χ3v) is 4.61. The summed E-state index contributed by atoms with van der Waals surface area (Å²) in [6.45, 7) is 4.92. The van der Waals surface area contributed by atoms with Crippen molar-refractivity contribution in [2.45, 2.75) is 13.8 Å². The van der Waals surface area contributed by atoms with Crippen molar-refractivity contribution in [1.82, 2.24) is 10.3 Å². The van der Waals surface area contributed by atoms with Crippen LogP contribution in [0, 0.1) is 25.2 Å². The zero-order valence-electron chi connectivity index (χ0n) is 16.7. The number of rotatable bonds is 5. The van der Waals surface area contributed by atoms with Gasteiger partial charge < -0.3 is 25.4 Å². The smallest absolute Gasteiger partial charge is 0.319 e. The number of pyridine rings is 1. The van der Waals surface area contributed by atoms with Crippen molar-refractivity contribution in [3.63, 3.8) is 0 Å². The molecule has 1 aromatic heterocycles. The number of ether oxygens (including phenoxy) is 2. The standard InChI is InChI=1S/C22H21N5O3/c1-13-5-14(2)7-17(6-13)26-22(28)25-4-3-24-21-16(11-23)8-15-9-19-20(30-12-29-19)10-18(15)27-21/h5-10H,3-4,12H2,1-2H3,(H,24,27)(H2,25,26,28). The van der Waals surface area contributed by atoms with Gasteiger partial charge in [-0.25, -0.2) is 9.78 Å². The molecule has 2 heterocycles. The van der Waals surface area contributed by atoms with Crippen molar-refractivity contribution < 1.29 is 14.3 Å². The quantitative estimate of drug-likeness (QED) is 0.561. The number of urea groups is 1. The normalized spacial score (nSPS) is 11.8. The molecule has 0 bridgehead atoms. The van der Waals surface area contributed by atoms with Crippen LogP contribution in [0.5, 0.6) is 11.5 Å². The molecular weight excluding hydrogens is 382 g/mol. The van der Waals surface area contributed by atoms with E-state index in [0.717, 1.165) is 22.2 Å². The predicted octanol–water partition coefficient (Wildman–Crippen LogP) is 3.69. The lowest BCUT2D eigenvalue weighted by Crippen LogP contribution is -2.32. The summed E-state index contributed by atoms with van der Waals surface area (Å²) in [5.41, 5.74) is 4.03. The fourth-order valence-electron chi connectivity index (χ4n) is 3.36. The van der Waals surface area contributed by atoms with E-state index in [0.29, 0.717) is 41.5 Å². The summed E-state index contributed by atoms with van der Waals surface area (Å²) in [4.78, 5) is 16.6. The molecule has 8 heteroatoms. The highest BCUT2D eigenvalue weighted by molar-refractivity contribution is 5.89. The molecule has 0 saturated carbocycles. The second-order valence-electron chi connectivity index (χ2n) is 7.08. The molecule has 152 valence electrons. The Kier molecular flexibility index (Phi) is 5.26. The minimum Gasteiger partial charge on any atom is -0.454 e. The number of carbonyl (C=O) groups is 1. The molecule has 3 N–H and O–H groups in total. The summed E-state index contributed by atoms with van der Waals surface area (Å²) in [5, 5.41) is 19.0. The van der Waals surface area contributed by atoms with Crippen LogP contribution >= 0.6 is 0 Å². The Morgan fingerprint density at radius 1 is 1.07 bits per heavy atom. The monoisotopic (exact) mass is 403 g/mol. The first-order valence-electron chi connectivity index (χ1n) is 9.53. The molecule has 0 radical (unpaired) electrons. The van der Waals surface area contributed by atoms with E-state index in [1.54, 1.807) is 12.1 Å². The fourth-order valence-corrected chi connectivity index (χ4v) is 3.36. The van der Waals surface area contributed by atoms with Gasteiger partial charge in [0.15, 0.2) is 11.5 Å². The highest BCUT2D eigenvalue weighted by Crippen LogP contribution is 2.36. The van der Waals surface area contributed by atoms with Crippen molar-refractivity contribution in [2.75, 3.05) is 30.5 Å². The number of fused-ring (bicyclic) bond motifs is 2. The Hall–Kier alpha value is -3.99. The average Bonchev–Trinajstić information content (AvgIpc) is 3.15. The van der Waals surface area contributed by atoms with Crippen molar-refractivity contribution in [3.05, 3.63) is 53.1 Å². The fraction of sp³-hybridized carbons (Fsp3) is 0.227. The van der Waals surface area contributed by atoms with Crippen LogP contribution in [-0.4, -0.2) is 30.9 Å². The van der Waals surface area contributed by atoms with Crippen LogP contribution < -0.4 is 25.4 Å². The van der Waals surface area contributed by atoms with Gasteiger partial charge in [0.1, 0.15) is 11.9 Å². The molecule has 2 aromatic carbocycles. The Morgan fingerprint density at radius 2 is 1.80 bits per heavy atom. The number of aryl methyl sites for hydroxylation is 2. The molecular formula is C22H21N5O3. The van der Waals surface area contributed by atoms with Crippen molar-refractivity contribution in [1.29, 1.82) is 5.26 Å². The molecule has 0 saturated heterocycles. The number of hydrogen-bond acceptors (Lipinski definition) is 6. The highest BCUT2D eigenvalue weighted by Gasteiger charge is 2.16. The summed E-state index contributed by atoms with van der Waals surface area (Å²) >= 11 is 0. The SMILES string of the molecule is Cc1cc(C)cc(NC(=O)NCCNc2nc3cc4c(cc3cc2C#N)OCO4)c1. The Bertz CT molecular complexity index is 1150. The number of aromatic nitrogens is 1. The maximum absolute atomic E-state index is 12.1. The summed E-state index contributed by atoms with van der Waals surface area (Å²) in [5.74, 6) is 1.74. The van der Waals surface area contributed by atoms with E-state index in [-0.39, 0.29) is 12.8 Å². The number of nitriles is 1. The van der Waals surface area contributed by atoms with Crippen LogP contribution in [-0.2, 0) is 0 Å². The summed E-state index contributed by atoms with van der Waals surface area (Å²) in [7, 11) is 0. The number of nitrogens with one attached hydrogen (secondary N) is 3. The number of nitrogens with zero attached hydrogens (tertiary/aromatic N) is 2. The molecule has 1 aliphatic rings. The van der Waals surface area contributed by atoms with E-state index in [9.17, 15) is 10.1 Å². The molecule has 30 heavy (non-hydrogen) atoms. The minimum atomic E-state index is -0.290. The van der Waals surface area contributed by atoms with Gasteiger partial charge in [-0.05, 0) is 49.2 Å². The summed E-state index contributed by atoms with van der Waals surface area (Å²) in [6, 6.07) is 13.1. The lowest BCUT2D eigenvalue weighted by atomic mass is 10.1. The van der Waals surface area contributed by atoms with Crippen LogP contribution in [0.1, 0.15) is 16.7 Å². The zero-order valence-corrected chi connectivity index (χ0v) is 16.7. The van der Waals surface area contributed by atoms with Gasteiger partial charge in [-0.2, -0.15) is 5.26 Å². The lowest BCUT2D eigenvalue weighted by molar-refractivity contribution is 0.174. The van der Waals surface area contributed by atoms with Gasteiger partial charge in [-0.3, -0.25) is 0 Å². The van der Waals surface area contributed by atoms with Crippen LogP contribution in [0.15, 0.2) is 36.4 Å². The van der Waals surface area contributed by atoms with E-state index >= 15 is 0 Å². The van der Waals surface area contributed by atoms with Crippen molar-refractivity contribution in [2.24, 2.45) is 0 Å². The average molecular weight is 403 g/mol. The van der Waals surface area contributed by atoms with Crippen LogP contribution in [0.4, 0.5) is 16.3 Å². The zero-order chi connectivity index (χ0) is 21.1. The highest BCUT2D eigenvalue weighted by atomic mass is 16.7. The molecule has 4 rings (SSSR count). The van der Waals surface area contributed by atoms with Gasteiger partial charge in [0.25, 0.3) is 0 Å². The maximum Gasteiger partial charge on any atom is 0.319 e. The maximum atomic E-state index is 12.1. The van der Waals surface area contributed by atoms with Crippen LogP contribution in [0.25, 0.3) is 10.9 Å². The molecule has 0 aliphatic carbocycles. The first kappa shape index (κ1) is 19.3. The van der Waals surface area contributed by atoms with E-state index in [1.165, 1.54) is 0 Å². The van der Waals surface area contributed by atoms with Gasteiger partial charge in [0, 0.05) is 30.2 Å². The molecule has 0 fully saturated rings. The van der Waals surface area contributed by atoms with E-state index in [4.69, 9.17) is 9.47 Å².